The molecule has 0 heterocycles. The molecule has 1 atom stereocenters. The van der Waals surface area contributed by atoms with Gasteiger partial charge in [-0.3, -0.25) is 0 Å². The van der Waals surface area contributed by atoms with E-state index in [1.807, 2.05) is 24.3 Å². The standard InChI is InChI=1S/C11H16BrNO2/c1-14-11(15-2)10(13)7-8-5-3-4-6-9(8)12/h3-6,10-11H,7,13H2,1-2H3. The molecule has 3 nitrogen and oxygen atoms in total. The van der Waals surface area contributed by atoms with Crippen LogP contribution in [0.4, 0.5) is 0 Å². The van der Waals surface area contributed by atoms with Crippen LogP contribution in [0.25, 0.3) is 0 Å². The van der Waals surface area contributed by atoms with Crippen molar-refractivity contribution in [2.45, 2.75) is 18.8 Å². The normalized spacial score (nSPS) is 13.1. The molecule has 15 heavy (non-hydrogen) atoms. The van der Waals surface area contributed by atoms with Crippen molar-refractivity contribution in [1.82, 2.24) is 0 Å². The first-order valence-corrected chi connectivity index (χ1v) is 5.53. The van der Waals surface area contributed by atoms with Crippen LogP contribution in [0.2, 0.25) is 0 Å². The molecule has 1 aromatic rings. The minimum Gasteiger partial charge on any atom is -0.354 e. The van der Waals surface area contributed by atoms with Crippen LogP contribution in [-0.4, -0.2) is 26.6 Å². The molecule has 0 fully saturated rings. The highest BCUT2D eigenvalue weighted by atomic mass is 79.9. The lowest BCUT2D eigenvalue weighted by Gasteiger charge is -2.21. The Labute approximate surface area is 98.7 Å². The molecular formula is C11H16BrNO2. The number of nitrogens with two attached hydrogens (primary N) is 1. The smallest absolute Gasteiger partial charge is 0.172 e. The van der Waals surface area contributed by atoms with Crippen LogP contribution in [-0.2, 0) is 15.9 Å². The lowest BCUT2D eigenvalue weighted by Crippen LogP contribution is -2.39. The van der Waals surface area contributed by atoms with Crippen LogP contribution in [0.15, 0.2) is 28.7 Å². The molecule has 0 bridgehead atoms. The maximum absolute atomic E-state index is 5.97. The Balaban J connectivity index is 2.65. The Morgan fingerprint density at radius 2 is 1.87 bits per heavy atom. The van der Waals surface area contributed by atoms with Crippen molar-refractivity contribution in [2.24, 2.45) is 5.73 Å². The Bertz CT molecular complexity index is 302. The fourth-order valence-electron chi connectivity index (χ4n) is 1.46. The second-order valence-corrected chi connectivity index (χ2v) is 4.15. The van der Waals surface area contributed by atoms with Crippen molar-refractivity contribution in [2.75, 3.05) is 14.2 Å². The summed E-state index contributed by atoms with van der Waals surface area (Å²) in [4.78, 5) is 0. The van der Waals surface area contributed by atoms with Crippen molar-refractivity contribution in [3.63, 3.8) is 0 Å². The van der Waals surface area contributed by atoms with E-state index in [4.69, 9.17) is 15.2 Å². The summed E-state index contributed by atoms with van der Waals surface area (Å²) < 4.78 is 11.3. The summed E-state index contributed by atoms with van der Waals surface area (Å²) in [5.74, 6) is 0. The Hall–Kier alpha value is -0.420. The van der Waals surface area contributed by atoms with E-state index in [0.29, 0.717) is 6.42 Å². The van der Waals surface area contributed by atoms with Gasteiger partial charge in [0.05, 0.1) is 6.04 Å². The molecule has 1 aromatic carbocycles. The number of hydrogen-bond donors (Lipinski definition) is 1. The first-order chi connectivity index (χ1) is 7.19. The lowest BCUT2D eigenvalue weighted by molar-refractivity contribution is -0.115. The van der Waals surface area contributed by atoms with Gasteiger partial charge in [-0.25, -0.2) is 0 Å². The van der Waals surface area contributed by atoms with Gasteiger partial charge >= 0.3 is 0 Å². The Morgan fingerprint density at radius 3 is 2.40 bits per heavy atom. The molecule has 0 aliphatic carbocycles. The van der Waals surface area contributed by atoms with Gasteiger partial charge in [-0.2, -0.15) is 0 Å². The molecule has 84 valence electrons. The third kappa shape index (κ3) is 3.57. The number of rotatable bonds is 5. The minimum absolute atomic E-state index is 0.168. The predicted molar refractivity (Wildman–Crippen MR) is 63.6 cm³/mol. The molecule has 1 unspecified atom stereocenters. The lowest BCUT2D eigenvalue weighted by atomic mass is 10.1. The molecule has 2 N–H and O–H groups in total. The van der Waals surface area contributed by atoms with Crippen LogP contribution >= 0.6 is 15.9 Å². The van der Waals surface area contributed by atoms with Gasteiger partial charge in [0.15, 0.2) is 6.29 Å². The molecule has 4 heteroatoms. The number of methoxy groups -OCH3 is 2. The first kappa shape index (κ1) is 12.6. The van der Waals surface area contributed by atoms with Gasteiger partial charge in [-0.1, -0.05) is 34.1 Å². The molecular weight excluding hydrogens is 258 g/mol. The van der Waals surface area contributed by atoms with Crippen LogP contribution in [0.5, 0.6) is 0 Å². The van der Waals surface area contributed by atoms with E-state index in [1.54, 1.807) is 14.2 Å². The topological polar surface area (TPSA) is 44.5 Å². The summed E-state index contributed by atoms with van der Waals surface area (Å²) in [7, 11) is 3.18. The van der Waals surface area contributed by atoms with Crippen molar-refractivity contribution in [1.29, 1.82) is 0 Å². The SMILES string of the molecule is COC(OC)C(N)Cc1ccccc1Br. The van der Waals surface area contributed by atoms with Gasteiger partial charge in [-0.05, 0) is 18.1 Å². The molecule has 0 aromatic heterocycles. The highest BCUT2D eigenvalue weighted by molar-refractivity contribution is 9.10. The molecule has 0 spiro atoms. The second-order valence-electron chi connectivity index (χ2n) is 3.30. The van der Waals surface area contributed by atoms with E-state index in [0.717, 1.165) is 10.0 Å². The molecule has 1 rings (SSSR count). The minimum atomic E-state index is -0.364. The third-order valence-corrected chi connectivity index (χ3v) is 3.00. The van der Waals surface area contributed by atoms with Gasteiger partial charge in [0.2, 0.25) is 0 Å². The number of ether oxygens (including phenoxy) is 2. The average molecular weight is 274 g/mol. The van der Waals surface area contributed by atoms with Gasteiger partial charge < -0.3 is 15.2 Å². The maximum atomic E-state index is 5.97. The monoisotopic (exact) mass is 273 g/mol. The summed E-state index contributed by atoms with van der Waals surface area (Å²) in [5, 5.41) is 0. The van der Waals surface area contributed by atoms with E-state index in [1.165, 1.54) is 0 Å². The summed E-state index contributed by atoms with van der Waals surface area (Å²) in [5.41, 5.74) is 7.13. The van der Waals surface area contributed by atoms with Gasteiger partial charge in [0.1, 0.15) is 0 Å². The summed E-state index contributed by atoms with van der Waals surface area (Å²) in [6.07, 6.45) is 0.352. The van der Waals surface area contributed by atoms with Crippen molar-refractivity contribution in [3.05, 3.63) is 34.3 Å². The van der Waals surface area contributed by atoms with E-state index in [-0.39, 0.29) is 12.3 Å². The quantitative estimate of drug-likeness (QED) is 0.834. The zero-order valence-corrected chi connectivity index (χ0v) is 10.5. The van der Waals surface area contributed by atoms with Gasteiger partial charge in [0, 0.05) is 18.7 Å². The molecule has 0 saturated heterocycles. The fraction of sp³-hybridized carbons (Fsp3) is 0.455. The van der Waals surface area contributed by atoms with Crippen molar-refractivity contribution < 1.29 is 9.47 Å². The Kier molecular flexibility index (Phi) is 5.25. The summed E-state index contributed by atoms with van der Waals surface area (Å²) in [6.45, 7) is 0. The van der Waals surface area contributed by atoms with E-state index < -0.39 is 0 Å². The van der Waals surface area contributed by atoms with E-state index >= 15 is 0 Å². The number of hydrogen-bond acceptors (Lipinski definition) is 3. The molecule has 0 amide bonds. The highest BCUT2D eigenvalue weighted by Gasteiger charge is 2.17. The average Bonchev–Trinajstić information content (AvgIpc) is 2.23. The van der Waals surface area contributed by atoms with Crippen molar-refractivity contribution >= 4 is 15.9 Å². The van der Waals surface area contributed by atoms with Crippen LogP contribution in [0.1, 0.15) is 5.56 Å². The first-order valence-electron chi connectivity index (χ1n) is 4.73. The van der Waals surface area contributed by atoms with Crippen LogP contribution < -0.4 is 5.73 Å². The van der Waals surface area contributed by atoms with E-state index in [2.05, 4.69) is 15.9 Å². The fourth-order valence-corrected chi connectivity index (χ4v) is 1.91. The Morgan fingerprint density at radius 1 is 1.27 bits per heavy atom. The summed E-state index contributed by atoms with van der Waals surface area (Å²) >= 11 is 3.48. The molecule has 0 aliphatic rings. The number of benzene rings is 1. The molecule has 0 saturated carbocycles. The van der Waals surface area contributed by atoms with Gasteiger partial charge in [0.25, 0.3) is 0 Å². The van der Waals surface area contributed by atoms with Gasteiger partial charge in [-0.15, -0.1) is 0 Å². The zero-order chi connectivity index (χ0) is 11.3. The third-order valence-electron chi connectivity index (χ3n) is 2.23. The van der Waals surface area contributed by atoms with E-state index in [9.17, 15) is 0 Å². The molecule has 0 aliphatic heterocycles. The zero-order valence-electron chi connectivity index (χ0n) is 8.94. The number of halogens is 1. The molecule has 0 radical (unpaired) electrons. The summed E-state index contributed by atoms with van der Waals surface area (Å²) in [6, 6.07) is 7.83. The van der Waals surface area contributed by atoms with Crippen LogP contribution in [0.3, 0.4) is 0 Å². The predicted octanol–water partition coefficient (Wildman–Crippen LogP) is 1.94. The van der Waals surface area contributed by atoms with Crippen molar-refractivity contribution in [3.8, 4) is 0 Å². The highest BCUT2D eigenvalue weighted by Crippen LogP contribution is 2.18. The maximum Gasteiger partial charge on any atom is 0.172 e. The van der Waals surface area contributed by atoms with Crippen LogP contribution in [0, 0.1) is 0 Å². The largest absolute Gasteiger partial charge is 0.354 e. The second kappa shape index (κ2) is 6.23.